The molecule has 5 heterocycles. The summed E-state index contributed by atoms with van der Waals surface area (Å²) in [6.07, 6.45) is 3.54. The fraction of sp³-hybridized carbons (Fsp3) is 0.286. The van der Waals surface area contributed by atoms with E-state index in [4.69, 9.17) is 21.1 Å². The van der Waals surface area contributed by atoms with Crippen LogP contribution in [0.25, 0.3) is 10.2 Å². The molecule has 0 bridgehead atoms. The molecule has 3 aliphatic heterocycles. The molecule has 164 valence electrons. The summed E-state index contributed by atoms with van der Waals surface area (Å²) >= 11 is 7.75. The number of piperidine rings is 1. The normalized spacial score (nSPS) is 19.2. The molecule has 0 radical (unpaired) electrons. The zero-order valence-electron chi connectivity index (χ0n) is 16.7. The van der Waals surface area contributed by atoms with Crippen LogP contribution in [0, 0.1) is 0 Å². The highest BCUT2D eigenvalue weighted by Gasteiger charge is 2.37. The van der Waals surface area contributed by atoms with E-state index in [-0.39, 0.29) is 18.7 Å². The van der Waals surface area contributed by atoms with E-state index in [9.17, 15) is 9.59 Å². The van der Waals surface area contributed by atoms with Gasteiger partial charge in [-0.05, 0) is 37.6 Å². The number of halogens is 1. The molecule has 1 unspecified atom stereocenters. The van der Waals surface area contributed by atoms with Crippen LogP contribution in [-0.2, 0) is 0 Å². The van der Waals surface area contributed by atoms with Gasteiger partial charge in [0.15, 0.2) is 11.5 Å². The molecule has 0 aliphatic carbocycles. The number of urea groups is 1. The van der Waals surface area contributed by atoms with Gasteiger partial charge in [0.25, 0.3) is 5.91 Å². The fourth-order valence-corrected chi connectivity index (χ4v) is 5.59. The van der Waals surface area contributed by atoms with Gasteiger partial charge in [-0.15, -0.1) is 11.3 Å². The van der Waals surface area contributed by atoms with Crippen molar-refractivity contribution in [3.63, 3.8) is 0 Å². The minimum atomic E-state index is -0.442. The van der Waals surface area contributed by atoms with Crippen LogP contribution in [-0.4, -0.2) is 42.8 Å². The first-order valence-corrected chi connectivity index (χ1v) is 11.4. The number of pyridine rings is 1. The number of benzene rings is 1. The number of carbonyl (C=O) groups is 2. The van der Waals surface area contributed by atoms with Crippen LogP contribution in [0.5, 0.6) is 11.5 Å². The molecule has 3 N–H and O–H groups in total. The van der Waals surface area contributed by atoms with Crippen molar-refractivity contribution < 1.29 is 19.1 Å². The van der Waals surface area contributed by atoms with Crippen LogP contribution in [0.3, 0.4) is 0 Å². The van der Waals surface area contributed by atoms with Gasteiger partial charge >= 0.3 is 6.03 Å². The van der Waals surface area contributed by atoms with E-state index in [1.807, 2.05) is 0 Å². The third kappa shape index (κ3) is 2.98. The largest absolute Gasteiger partial charge is 0.454 e. The predicted octanol–water partition coefficient (Wildman–Crippen LogP) is 3.84. The van der Waals surface area contributed by atoms with Crippen molar-refractivity contribution in [2.75, 3.05) is 30.1 Å². The highest BCUT2D eigenvalue weighted by molar-refractivity contribution is 7.21. The van der Waals surface area contributed by atoms with Crippen LogP contribution >= 0.6 is 22.9 Å². The van der Waals surface area contributed by atoms with Crippen molar-refractivity contribution in [2.45, 2.75) is 18.9 Å². The Morgan fingerprint density at radius 2 is 2.22 bits per heavy atom. The summed E-state index contributed by atoms with van der Waals surface area (Å²) in [5, 5.41) is 10.3. The number of anilines is 3. The average Bonchev–Trinajstić information content (AvgIpc) is 3.41. The minimum Gasteiger partial charge on any atom is -0.454 e. The number of nitrogens with one attached hydrogen (secondary N) is 3. The van der Waals surface area contributed by atoms with E-state index >= 15 is 0 Å². The molecule has 1 aromatic carbocycles. The van der Waals surface area contributed by atoms with Crippen LogP contribution in [0.2, 0.25) is 5.02 Å². The third-order valence-electron chi connectivity index (χ3n) is 5.77. The SMILES string of the molecule is O=C(NC1CCCNC1)c1sc2nccc3c2c1NC(=O)N3c1c(Cl)ccc2c1OCO2. The van der Waals surface area contributed by atoms with Gasteiger partial charge in [-0.25, -0.2) is 9.78 Å². The molecule has 6 rings (SSSR count). The van der Waals surface area contributed by atoms with Gasteiger partial charge in [-0.3, -0.25) is 9.69 Å². The number of hydrogen-bond donors (Lipinski definition) is 3. The van der Waals surface area contributed by atoms with Gasteiger partial charge in [-0.1, -0.05) is 11.6 Å². The first-order valence-electron chi connectivity index (χ1n) is 10.2. The summed E-state index contributed by atoms with van der Waals surface area (Å²) in [6, 6.07) is 4.71. The minimum absolute atomic E-state index is 0.0495. The molecule has 2 aromatic heterocycles. The number of nitrogens with zero attached hydrogens (tertiary/aromatic N) is 2. The Morgan fingerprint density at radius 3 is 3.06 bits per heavy atom. The second-order valence-corrected chi connectivity index (χ2v) is 9.13. The number of fused-ring (bicyclic) bond motifs is 1. The molecule has 1 saturated heterocycles. The van der Waals surface area contributed by atoms with Gasteiger partial charge in [0.05, 0.1) is 21.8 Å². The Bertz CT molecular complexity index is 1270. The lowest BCUT2D eigenvalue weighted by Gasteiger charge is -2.29. The van der Waals surface area contributed by atoms with Gasteiger partial charge in [0.1, 0.15) is 15.4 Å². The number of hydrogen-bond acceptors (Lipinski definition) is 7. The summed E-state index contributed by atoms with van der Waals surface area (Å²) < 4.78 is 11.1. The lowest BCUT2D eigenvalue weighted by Crippen LogP contribution is -2.45. The Morgan fingerprint density at radius 1 is 1.31 bits per heavy atom. The molecule has 32 heavy (non-hydrogen) atoms. The van der Waals surface area contributed by atoms with Crippen LogP contribution < -0.4 is 30.3 Å². The van der Waals surface area contributed by atoms with E-state index in [0.717, 1.165) is 25.9 Å². The van der Waals surface area contributed by atoms with Crippen LogP contribution in [0.1, 0.15) is 22.5 Å². The lowest BCUT2D eigenvalue weighted by molar-refractivity contribution is 0.0935. The van der Waals surface area contributed by atoms with Crippen molar-refractivity contribution in [1.29, 1.82) is 0 Å². The van der Waals surface area contributed by atoms with Crippen molar-refractivity contribution in [3.05, 3.63) is 34.3 Å². The lowest BCUT2D eigenvalue weighted by atomic mass is 10.1. The molecule has 11 heteroatoms. The summed E-state index contributed by atoms with van der Waals surface area (Å²) in [5.74, 6) is 0.700. The van der Waals surface area contributed by atoms with E-state index in [0.29, 0.717) is 48.7 Å². The van der Waals surface area contributed by atoms with E-state index in [2.05, 4.69) is 20.9 Å². The summed E-state index contributed by atoms with van der Waals surface area (Å²) in [6.45, 7) is 1.74. The average molecular weight is 472 g/mol. The molecule has 9 nitrogen and oxygen atoms in total. The van der Waals surface area contributed by atoms with Crippen molar-refractivity contribution in [3.8, 4) is 11.5 Å². The standard InChI is InChI=1S/C21H18ClN5O4S/c22-11-3-4-13-17(31-9-30-13)16(11)27-12-5-7-24-20-14(12)15(26-21(27)29)18(32-20)19(28)25-10-2-1-6-23-8-10/h3-5,7,10,23H,1-2,6,8-9H2,(H,25,28)(H,26,29). The molecular formula is C21H18ClN5O4S. The van der Waals surface area contributed by atoms with E-state index in [1.165, 1.54) is 16.2 Å². The number of rotatable bonds is 3. The summed E-state index contributed by atoms with van der Waals surface area (Å²) in [7, 11) is 0. The van der Waals surface area contributed by atoms with E-state index in [1.54, 1.807) is 24.4 Å². The van der Waals surface area contributed by atoms with Gasteiger partial charge in [-0.2, -0.15) is 0 Å². The highest BCUT2D eigenvalue weighted by Crippen LogP contribution is 2.52. The first kappa shape index (κ1) is 19.6. The second-order valence-electron chi connectivity index (χ2n) is 7.73. The van der Waals surface area contributed by atoms with Crippen molar-refractivity contribution in [1.82, 2.24) is 15.6 Å². The molecule has 3 aromatic rings. The molecule has 1 fully saturated rings. The summed E-state index contributed by atoms with van der Waals surface area (Å²) in [4.78, 5) is 33.4. The monoisotopic (exact) mass is 471 g/mol. The first-order chi connectivity index (χ1) is 15.6. The molecule has 3 amide bonds. The maximum absolute atomic E-state index is 13.3. The fourth-order valence-electron chi connectivity index (χ4n) is 4.33. The van der Waals surface area contributed by atoms with Crippen molar-refractivity contribution in [2.24, 2.45) is 0 Å². The van der Waals surface area contributed by atoms with E-state index < -0.39 is 6.03 Å². The maximum Gasteiger partial charge on any atom is 0.331 e. The smallest absolute Gasteiger partial charge is 0.331 e. The predicted molar refractivity (Wildman–Crippen MR) is 122 cm³/mol. The Labute approximate surface area is 191 Å². The van der Waals surface area contributed by atoms with Crippen LogP contribution in [0.15, 0.2) is 24.4 Å². The molecule has 0 spiro atoms. The Hall–Kier alpha value is -3.08. The topological polar surface area (TPSA) is 105 Å². The zero-order valence-corrected chi connectivity index (χ0v) is 18.3. The molecule has 0 saturated carbocycles. The molecule has 3 aliphatic rings. The quantitative estimate of drug-likeness (QED) is 0.536. The second kappa shape index (κ2) is 7.51. The number of amides is 3. The Kier molecular flexibility index (Phi) is 4.60. The molecule has 1 atom stereocenters. The maximum atomic E-state index is 13.3. The molecular weight excluding hydrogens is 454 g/mol. The Balaban J connectivity index is 1.46. The summed E-state index contributed by atoms with van der Waals surface area (Å²) in [5.41, 5.74) is 1.44. The number of thiophene rings is 1. The zero-order chi connectivity index (χ0) is 21.8. The highest BCUT2D eigenvalue weighted by atomic mass is 35.5. The number of ether oxygens (including phenoxy) is 2. The van der Waals surface area contributed by atoms with Crippen LogP contribution in [0.4, 0.5) is 21.9 Å². The van der Waals surface area contributed by atoms with Crippen molar-refractivity contribution >= 4 is 62.2 Å². The van der Waals surface area contributed by atoms with Gasteiger partial charge in [0, 0.05) is 18.8 Å². The third-order valence-corrected chi connectivity index (χ3v) is 7.17. The number of carbonyl (C=O) groups excluding carboxylic acids is 2. The van der Waals surface area contributed by atoms with Gasteiger partial charge < -0.3 is 25.4 Å². The number of aromatic nitrogens is 1. The van der Waals surface area contributed by atoms with Gasteiger partial charge in [0.2, 0.25) is 6.79 Å².